The van der Waals surface area contributed by atoms with E-state index in [9.17, 15) is 4.79 Å². The van der Waals surface area contributed by atoms with Gasteiger partial charge >= 0.3 is 0 Å². The van der Waals surface area contributed by atoms with Crippen LogP contribution in [0.15, 0.2) is 72.8 Å². The van der Waals surface area contributed by atoms with Gasteiger partial charge in [0.2, 0.25) is 0 Å². The van der Waals surface area contributed by atoms with Crippen LogP contribution in [-0.2, 0) is 0 Å². The molecular weight excluding hydrogens is 355 g/mol. The second kappa shape index (κ2) is 8.15. The third kappa shape index (κ3) is 4.39. The molecule has 0 aromatic heterocycles. The van der Waals surface area contributed by atoms with Crippen molar-refractivity contribution in [3.63, 3.8) is 0 Å². The number of methoxy groups -OCH3 is 1. The largest absolute Gasteiger partial charge is 0.496 e. The number of carbonyl (C=O) groups is 1. The molecule has 3 rings (SSSR count). The first-order valence-corrected chi connectivity index (χ1v) is 9.02. The van der Waals surface area contributed by atoms with E-state index >= 15 is 0 Å². The van der Waals surface area contributed by atoms with Gasteiger partial charge in [-0.3, -0.25) is 4.79 Å². The molecule has 3 nitrogen and oxygen atoms in total. The van der Waals surface area contributed by atoms with Crippen LogP contribution in [0.4, 0.5) is 0 Å². The average Bonchev–Trinajstić information content (AvgIpc) is 2.64. The van der Waals surface area contributed by atoms with Crippen LogP contribution in [0, 0.1) is 0 Å². The quantitative estimate of drug-likeness (QED) is 0.553. The molecule has 1 atom stereocenters. The predicted octanol–water partition coefficient (Wildman–Crippen LogP) is 5.29. The number of para-hydroxylation sites is 2. The molecule has 0 aliphatic heterocycles. The molecule has 0 N–H and O–H groups in total. The molecule has 25 heavy (non-hydrogen) atoms. The molecular formula is C20H16ClO3P. The maximum atomic E-state index is 12.6. The standard InChI is InChI=1S/C20H16ClO3P/c1-23-18-10-6-5-9-16(18)20(22)25-19-12-11-15(13-17(19)21)24-14-7-3-2-4-8-14/h2-13,25H,1H3. The highest BCUT2D eigenvalue weighted by Gasteiger charge is 2.14. The summed E-state index contributed by atoms with van der Waals surface area (Å²) >= 11 is 6.34. The van der Waals surface area contributed by atoms with Crippen molar-refractivity contribution < 1.29 is 14.3 Å². The fraction of sp³-hybridized carbons (Fsp3) is 0.0500. The molecule has 0 heterocycles. The number of hydrogen-bond acceptors (Lipinski definition) is 3. The summed E-state index contributed by atoms with van der Waals surface area (Å²) in [5.41, 5.74) is 0.542. The molecule has 0 aliphatic carbocycles. The molecule has 0 amide bonds. The first kappa shape index (κ1) is 17.5. The Bertz CT molecular complexity index is 881. The van der Waals surface area contributed by atoms with Gasteiger partial charge in [0.15, 0.2) is 5.52 Å². The molecule has 0 radical (unpaired) electrons. The fourth-order valence-corrected chi connectivity index (χ4v) is 3.56. The first-order valence-electron chi connectivity index (χ1n) is 7.64. The molecule has 0 spiro atoms. The van der Waals surface area contributed by atoms with E-state index in [2.05, 4.69) is 0 Å². The first-order chi connectivity index (χ1) is 12.2. The minimum Gasteiger partial charge on any atom is -0.496 e. The Labute approximate surface area is 153 Å². The number of rotatable bonds is 6. The predicted molar refractivity (Wildman–Crippen MR) is 103 cm³/mol. The Morgan fingerprint density at radius 2 is 1.64 bits per heavy atom. The Balaban J connectivity index is 1.76. The summed E-state index contributed by atoms with van der Waals surface area (Å²) in [5.74, 6) is 1.94. The van der Waals surface area contributed by atoms with E-state index < -0.39 is 0 Å². The van der Waals surface area contributed by atoms with Crippen LogP contribution < -0.4 is 14.8 Å². The van der Waals surface area contributed by atoms with Crippen LogP contribution in [0.3, 0.4) is 0 Å². The second-order valence-corrected chi connectivity index (χ2v) is 6.86. The second-order valence-electron chi connectivity index (χ2n) is 5.21. The van der Waals surface area contributed by atoms with Gasteiger partial charge in [-0.25, -0.2) is 0 Å². The number of ether oxygens (including phenoxy) is 2. The van der Waals surface area contributed by atoms with Crippen molar-refractivity contribution in [2.75, 3.05) is 7.11 Å². The van der Waals surface area contributed by atoms with Gasteiger partial charge in [-0.1, -0.05) is 41.9 Å². The van der Waals surface area contributed by atoms with Crippen molar-refractivity contribution >= 4 is 31.0 Å². The zero-order valence-corrected chi connectivity index (χ0v) is 15.3. The molecule has 0 saturated carbocycles. The van der Waals surface area contributed by atoms with Crippen molar-refractivity contribution in [1.82, 2.24) is 0 Å². The highest BCUT2D eigenvalue weighted by Crippen LogP contribution is 2.30. The van der Waals surface area contributed by atoms with Gasteiger partial charge in [-0.05, 0) is 50.3 Å². The minimum absolute atomic E-state index is 0.0175. The van der Waals surface area contributed by atoms with Crippen molar-refractivity contribution in [2.24, 2.45) is 0 Å². The van der Waals surface area contributed by atoms with E-state index in [1.54, 1.807) is 25.3 Å². The Morgan fingerprint density at radius 1 is 0.920 bits per heavy atom. The van der Waals surface area contributed by atoms with E-state index in [0.29, 0.717) is 22.1 Å². The van der Waals surface area contributed by atoms with Crippen LogP contribution in [0.1, 0.15) is 10.4 Å². The monoisotopic (exact) mass is 370 g/mol. The molecule has 0 fully saturated rings. The molecule has 0 bridgehead atoms. The van der Waals surface area contributed by atoms with Crippen LogP contribution >= 0.6 is 20.2 Å². The van der Waals surface area contributed by atoms with Gasteiger partial charge < -0.3 is 9.47 Å². The number of carbonyl (C=O) groups excluding carboxylic acids is 1. The summed E-state index contributed by atoms with van der Waals surface area (Å²) in [7, 11) is 1.47. The number of halogens is 1. The van der Waals surface area contributed by atoms with Crippen molar-refractivity contribution in [2.45, 2.75) is 0 Å². The van der Waals surface area contributed by atoms with E-state index in [1.807, 2.05) is 54.6 Å². The van der Waals surface area contributed by atoms with Gasteiger partial charge in [0.1, 0.15) is 17.2 Å². The molecule has 0 saturated heterocycles. The normalized spacial score (nSPS) is 10.8. The smallest absolute Gasteiger partial charge is 0.189 e. The molecule has 5 heteroatoms. The molecule has 0 aliphatic rings. The summed E-state index contributed by atoms with van der Waals surface area (Å²) in [4.78, 5) is 12.6. The minimum atomic E-state index is -0.0882. The summed E-state index contributed by atoms with van der Waals surface area (Å²) in [6, 6.07) is 22.0. The van der Waals surface area contributed by atoms with Gasteiger partial charge in [0.05, 0.1) is 17.7 Å². The molecule has 1 unspecified atom stereocenters. The lowest BCUT2D eigenvalue weighted by molar-refractivity contribution is 0.108. The van der Waals surface area contributed by atoms with Crippen molar-refractivity contribution in [1.29, 1.82) is 0 Å². The topological polar surface area (TPSA) is 35.5 Å². The Kier molecular flexibility index (Phi) is 5.70. The Morgan fingerprint density at radius 3 is 2.36 bits per heavy atom. The third-order valence-corrected chi connectivity index (χ3v) is 5.19. The van der Waals surface area contributed by atoms with Gasteiger partial charge in [0.25, 0.3) is 0 Å². The molecule has 3 aromatic carbocycles. The zero-order valence-electron chi connectivity index (χ0n) is 13.5. The maximum absolute atomic E-state index is 12.6. The van der Waals surface area contributed by atoms with E-state index in [0.717, 1.165) is 11.1 Å². The summed E-state index contributed by atoms with van der Waals surface area (Å²) < 4.78 is 11.0. The van der Waals surface area contributed by atoms with Crippen LogP contribution in [0.2, 0.25) is 5.02 Å². The van der Waals surface area contributed by atoms with E-state index in [1.165, 1.54) is 0 Å². The van der Waals surface area contributed by atoms with Crippen molar-refractivity contribution in [3.8, 4) is 17.2 Å². The highest BCUT2D eigenvalue weighted by atomic mass is 35.5. The lowest BCUT2D eigenvalue weighted by atomic mass is 10.2. The summed E-state index contributed by atoms with van der Waals surface area (Å²) in [6.07, 6.45) is 0. The molecule has 126 valence electrons. The van der Waals surface area contributed by atoms with Gasteiger partial charge in [-0.15, -0.1) is 0 Å². The van der Waals surface area contributed by atoms with Crippen molar-refractivity contribution in [3.05, 3.63) is 83.4 Å². The highest BCUT2D eigenvalue weighted by molar-refractivity contribution is 7.66. The van der Waals surface area contributed by atoms with Crippen LogP contribution in [0.5, 0.6) is 17.2 Å². The van der Waals surface area contributed by atoms with Crippen LogP contribution in [0.25, 0.3) is 0 Å². The lowest BCUT2D eigenvalue weighted by Gasteiger charge is -2.10. The number of benzene rings is 3. The zero-order chi connectivity index (χ0) is 17.6. The molecule has 3 aromatic rings. The average molecular weight is 371 g/mol. The van der Waals surface area contributed by atoms with Gasteiger partial charge in [0, 0.05) is 6.07 Å². The van der Waals surface area contributed by atoms with E-state index in [4.69, 9.17) is 21.1 Å². The summed E-state index contributed by atoms with van der Waals surface area (Å²) in [5, 5.41) is 1.29. The number of hydrogen-bond donors (Lipinski definition) is 0. The third-order valence-electron chi connectivity index (χ3n) is 3.52. The van der Waals surface area contributed by atoms with E-state index in [-0.39, 0.29) is 14.1 Å². The maximum Gasteiger partial charge on any atom is 0.189 e. The summed E-state index contributed by atoms with van der Waals surface area (Å²) in [6.45, 7) is 0. The Hall–Kier alpha value is -2.35. The van der Waals surface area contributed by atoms with Crippen LogP contribution in [-0.4, -0.2) is 12.6 Å². The SMILES string of the molecule is COc1ccccc1C(=O)Pc1ccc(Oc2ccccc2)cc1Cl. The van der Waals surface area contributed by atoms with Gasteiger partial charge in [-0.2, -0.15) is 0 Å². The lowest BCUT2D eigenvalue weighted by Crippen LogP contribution is -2.04. The fourth-order valence-electron chi connectivity index (χ4n) is 2.31.